The van der Waals surface area contributed by atoms with E-state index in [-0.39, 0.29) is 5.75 Å². The van der Waals surface area contributed by atoms with Crippen molar-refractivity contribution in [3.05, 3.63) is 16.8 Å². The number of rotatable bonds is 6. The molecule has 0 radical (unpaired) electrons. The zero-order valence-corrected chi connectivity index (χ0v) is 12.2. The number of hydrogen-bond donors (Lipinski definition) is 2. The van der Waals surface area contributed by atoms with Gasteiger partial charge in [-0.25, -0.2) is 9.97 Å². The summed E-state index contributed by atoms with van der Waals surface area (Å²) >= 11 is 2.87. The predicted octanol–water partition coefficient (Wildman–Crippen LogP) is 2.07. The van der Waals surface area contributed by atoms with Crippen LogP contribution in [0.5, 0.6) is 0 Å². The number of thiophene rings is 1. The molecule has 0 aliphatic carbocycles. The smallest absolute Gasteiger partial charge is 0.313 e. The van der Waals surface area contributed by atoms with Crippen LogP contribution in [0, 0.1) is 6.92 Å². The molecule has 5 nitrogen and oxygen atoms in total. The first kappa shape index (κ1) is 14.2. The van der Waals surface area contributed by atoms with Crippen molar-refractivity contribution < 1.29 is 9.90 Å². The van der Waals surface area contributed by atoms with E-state index in [1.54, 1.807) is 11.3 Å². The molecule has 0 atom stereocenters. The number of nitrogens with two attached hydrogens (primary N) is 1. The van der Waals surface area contributed by atoms with E-state index < -0.39 is 5.97 Å². The summed E-state index contributed by atoms with van der Waals surface area (Å²) < 4.78 is 0. The van der Waals surface area contributed by atoms with Gasteiger partial charge in [-0.2, -0.15) is 0 Å². The number of aliphatic carboxylic acids is 1. The van der Waals surface area contributed by atoms with Gasteiger partial charge in [-0.1, -0.05) is 11.8 Å². The number of hydrogen-bond acceptors (Lipinski definition) is 6. The van der Waals surface area contributed by atoms with Gasteiger partial charge in [-0.15, -0.1) is 11.3 Å². The third-order valence-corrected chi connectivity index (χ3v) is 4.54. The Balaban J connectivity index is 2.33. The van der Waals surface area contributed by atoms with E-state index >= 15 is 0 Å². The molecule has 0 aliphatic heterocycles. The zero-order valence-electron chi connectivity index (χ0n) is 10.5. The fraction of sp³-hybridized carbons (Fsp3) is 0.417. The minimum Gasteiger partial charge on any atom is -0.481 e. The summed E-state index contributed by atoms with van der Waals surface area (Å²) in [6, 6.07) is 2.05. The molecule has 2 aromatic rings. The number of carbonyl (C=O) groups is 1. The van der Waals surface area contributed by atoms with Crippen molar-refractivity contribution in [1.82, 2.24) is 9.97 Å². The Hall–Kier alpha value is -1.18. The van der Waals surface area contributed by atoms with Crippen molar-refractivity contribution in [2.75, 3.05) is 12.3 Å². The molecule has 2 heterocycles. The van der Waals surface area contributed by atoms with Crippen LogP contribution in [-0.4, -0.2) is 33.3 Å². The second-order valence-electron chi connectivity index (χ2n) is 4.08. The van der Waals surface area contributed by atoms with E-state index in [4.69, 9.17) is 10.8 Å². The summed E-state index contributed by atoms with van der Waals surface area (Å²) in [6.45, 7) is 2.49. The van der Waals surface area contributed by atoms with Gasteiger partial charge in [0.1, 0.15) is 15.7 Å². The maximum atomic E-state index is 10.7. The SMILES string of the molecule is Cc1nc(SCC(=O)O)c2cc(CCCN)sc2n1. The molecule has 0 saturated heterocycles. The molecular formula is C12H15N3O2S2. The number of nitrogens with zero attached hydrogens (tertiary/aromatic N) is 2. The van der Waals surface area contributed by atoms with Gasteiger partial charge in [0.05, 0.1) is 5.75 Å². The summed E-state index contributed by atoms with van der Waals surface area (Å²) in [5.74, 6) is -0.153. The van der Waals surface area contributed by atoms with E-state index in [1.807, 2.05) is 6.92 Å². The lowest BCUT2D eigenvalue weighted by atomic mass is 10.2. The Morgan fingerprint density at radius 3 is 3.00 bits per heavy atom. The average molecular weight is 297 g/mol. The molecule has 19 heavy (non-hydrogen) atoms. The Bertz CT molecular complexity index is 598. The van der Waals surface area contributed by atoms with E-state index in [1.165, 1.54) is 16.6 Å². The number of aromatic nitrogens is 2. The molecule has 2 rings (SSSR count). The van der Waals surface area contributed by atoms with E-state index in [0.717, 1.165) is 28.1 Å². The van der Waals surface area contributed by atoms with Gasteiger partial charge in [0, 0.05) is 10.3 Å². The molecule has 2 aromatic heterocycles. The van der Waals surface area contributed by atoms with Gasteiger partial charge in [0.2, 0.25) is 0 Å². The van der Waals surface area contributed by atoms with Crippen molar-refractivity contribution in [3.8, 4) is 0 Å². The van der Waals surface area contributed by atoms with Crippen LogP contribution in [0.4, 0.5) is 0 Å². The van der Waals surface area contributed by atoms with Crippen LogP contribution in [0.25, 0.3) is 10.2 Å². The Morgan fingerprint density at radius 1 is 1.53 bits per heavy atom. The zero-order chi connectivity index (χ0) is 13.8. The molecule has 0 saturated carbocycles. The molecule has 3 N–H and O–H groups in total. The minimum atomic E-state index is -0.840. The third-order valence-electron chi connectivity index (χ3n) is 2.48. The van der Waals surface area contributed by atoms with Crippen LogP contribution in [-0.2, 0) is 11.2 Å². The quantitative estimate of drug-likeness (QED) is 0.627. The second kappa shape index (κ2) is 6.31. The molecule has 102 valence electrons. The Morgan fingerprint density at radius 2 is 2.32 bits per heavy atom. The number of fused-ring (bicyclic) bond motifs is 1. The van der Waals surface area contributed by atoms with Gasteiger partial charge < -0.3 is 10.8 Å². The fourth-order valence-electron chi connectivity index (χ4n) is 1.69. The van der Waals surface area contributed by atoms with Crippen molar-refractivity contribution in [2.45, 2.75) is 24.8 Å². The minimum absolute atomic E-state index is 0.0134. The van der Waals surface area contributed by atoms with Crippen LogP contribution in [0.1, 0.15) is 17.1 Å². The first-order valence-corrected chi connectivity index (χ1v) is 7.72. The molecule has 0 aliphatic rings. The van der Waals surface area contributed by atoms with Crippen LogP contribution < -0.4 is 5.73 Å². The standard InChI is InChI=1S/C12H15N3O2S2/c1-7-14-11(18-6-10(16)17)9-5-8(3-2-4-13)19-12(9)15-7/h5H,2-4,6,13H2,1H3,(H,16,17). The van der Waals surface area contributed by atoms with Gasteiger partial charge in [-0.05, 0) is 32.4 Å². The highest BCUT2D eigenvalue weighted by Crippen LogP contribution is 2.31. The van der Waals surface area contributed by atoms with E-state index in [0.29, 0.717) is 12.4 Å². The first-order chi connectivity index (χ1) is 9.10. The van der Waals surface area contributed by atoms with Gasteiger partial charge in [-0.3, -0.25) is 4.79 Å². The number of aryl methyl sites for hydroxylation is 2. The lowest BCUT2D eigenvalue weighted by Gasteiger charge is -2.01. The summed E-state index contributed by atoms with van der Waals surface area (Å²) in [6.07, 6.45) is 1.87. The van der Waals surface area contributed by atoms with Crippen LogP contribution >= 0.6 is 23.1 Å². The van der Waals surface area contributed by atoms with Crippen LogP contribution in [0.15, 0.2) is 11.1 Å². The van der Waals surface area contributed by atoms with Crippen molar-refractivity contribution in [3.63, 3.8) is 0 Å². The molecule has 7 heteroatoms. The van der Waals surface area contributed by atoms with Gasteiger partial charge in [0.25, 0.3) is 0 Å². The predicted molar refractivity (Wildman–Crippen MR) is 77.9 cm³/mol. The largest absolute Gasteiger partial charge is 0.481 e. The molecular weight excluding hydrogens is 282 g/mol. The summed E-state index contributed by atoms with van der Waals surface area (Å²) in [5.41, 5.74) is 5.51. The van der Waals surface area contributed by atoms with Gasteiger partial charge in [0.15, 0.2) is 0 Å². The molecule has 0 spiro atoms. The fourth-order valence-corrected chi connectivity index (χ4v) is 3.63. The summed E-state index contributed by atoms with van der Waals surface area (Å²) in [7, 11) is 0. The Kier molecular flexibility index (Phi) is 4.73. The molecule has 0 fully saturated rings. The van der Waals surface area contributed by atoms with Crippen molar-refractivity contribution in [2.24, 2.45) is 5.73 Å². The topological polar surface area (TPSA) is 89.1 Å². The van der Waals surface area contributed by atoms with E-state index in [9.17, 15) is 4.79 Å². The van der Waals surface area contributed by atoms with Crippen LogP contribution in [0.3, 0.4) is 0 Å². The van der Waals surface area contributed by atoms with E-state index in [2.05, 4.69) is 16.0 Å². The molecule has 0 unspecified atom stereocenters. The maximum absolute atomic E-state index is 10.7. The lowest BCUT2D eigenvalue weighted by molar-refractivity contribution is -0.133. The monoisotopic (exact) mass is 297 g/mol. The average Bonchev–Trinajstić information content (AvgIpc) is 2.75. The highest BCUT2D eigenvalue weighted by molar-refractivity contribution is 8.00. The highest BCUT2D eigenvalue weighted by atomic mass is 32.2. The first-order valence-electron chi connectivity index (χ1n) is 5.92. The van der Waals surface area contributed by atoms with Gasteiger partial charge >= 0.3 is 5.97 Å². The summed E-state index contributed by atoms with van der Waals surface area (Å²) in [5, 5.41) is 10.5. The van der Waals surface area contributed by atoms with Crippen LogP contribution in [0.2, 0.25) is 0 Å². The third kappa shape index (κ3) is 3.65. The van der Waals surface area contributed by atoms with Crippen molar-refractivity contribution in [1.29, 1.82) is 0 Å². The Labute approximate surface area is 119 Å². The molecule has 0 amide bonds. The molecule has 0 aromatic carbocycles. The maximum Gasteiger partial charge on any atom is 0.313 e. The number of carboxylic acids is 1. The second-order valence-corrected chi connectivity index (χ2v) is 6.16. The highest BCUT2D eigenvalue weighted by Gasteiger charge is 2.12. The number of carboxylic acid groups (broad SMARTS) is 1. The summed E-state index contributed by atoms with van der Waals surface area (Å²) in [4.78, 5) is 21.6. The molecule has 0 bridgehead atoms. The van der Waals surface area contributed by atoms with Crippen molar-refractivity contribution >= 4 is 39.3 Å². The lowest BCUT2D eigenvalue weighted by Crippen LogP contribution is -1.99. The number of thioether (sulfide) groups is 1. The normalized spacial score (nSPS) is 11.1.